The van der Waals surface area contributed by atoms with Crippen molar-refractivity contribution in [2.75, 3.05) is 0 Å². The molecule has 0 unspecified atom stereocenters. The molecule has 0 N–H and O–H groups in total. The molecule has 20 heavy (non-hydrogen) atoms. The Balaban J connectivity index is 1.86. The number of benzene rings is 2. The van der Waals surface area contributed by atoms with Gasteiger partial charge in [0, 0.05) is 11.6 Å². The maximum atomic E-state index is 10.4. The van der Waals surface area contributed by atoms with Crippen molar-refractivity contribution >= 4 is 17.4 Å². The Bertz CT molecular complexity index is 719. The van der Waals surface area contributed by atoms with Crippen molar-refractivity contribution in [2.45, 2.75) is 6.61 Å². The lowest BCUT2D eigenvalue weighted by Gasteiger charge is -2.08. The van der Waals surface area contributed by atoms with Gasteiger partial charge < -0.3 is 9.57 Å². The quantitative estimate of drug-likeness (QED) is 0.667. The van der Waals surface area contributed by atoms with Crippen LogP contribution in [-0.2, 0) is 11.4 Å². The van der Waals surface area contributed by atoms with Crippen LogP contribution in [0.5, 0.6) is 5.75 Å². The first kappa shape index (κ1) is 12.3. The van der Waals surface area contributed by atoms with Gasteiger partial charge in [0.05, 0.1) is 5.52 Å². The summed E-state index contributed by atoms with van der Waals surface area (Å²) in [7, 11) is 0. The fourth-order valence-corrected chi connectivity index (χ4v) is 2.11. The summed E-state index contributed by atoms with van der Waals surface area (Å²) in [5.41, 5.74) is 1.90. The van der Waals surface area contributed by atoms with Gasteiger partial charge in [0.15, 0.2) is 0 Å². The predicted molar refractivity (Wildman–Crippen MR) is 75.4 cm³/mol. The monoisotopic (exact) mass is 267 g/mol. The normalized spacial score (nSPS) is 10.4. The lowest BCUT2D eigenvalue weighted by atomic mass is 10.2. The average Bonchev–Trinajstić information content (AvgIpc) is 2.91. The van der Waals surface area contributed by atoms with E-state index in [4.69, 9.17) is 9.57 Å². The van der Waals surface area contributed by atoms with Gasteiger partial charge in [-0.15, -0.1) is 0 Å². The van der Waals surface area contributed by atoms with Gasteiger partial charge in [0.2, 0.25) is 0 Å². The molecule has 1 heterocycles. The van der Waals surface area contributed by atoms with Crippen LogP contribution >= 0.6 is 0 Å². The van der Waals surface area contributed by atoms with Crippen molar-refractivity contribution in [3.63, 3.8) is 0 Å². The minimum atomic E-state index is 0.400. The number of carbonyl (C=O) groups excluding carboxylic acids is 1. The van der Waals surface area contributed by atoms with Gasteiger partial charge in [-0.25, -0.2) is 0 Å². The minimum Gasteiger partial charge on any atom is -0.488 e. The lowest BCUT2D eigenvalue weighted by molar-refractivity contribution is -0.128. The summed E-state index contributed by atoms with van der Waals surface area (Å²) in [6.45, 7) is 0.899. The highest BCUT2D eigenvalue weighted by Crippen LogP contribution is 2.26. The fourth-order valence-electron chi connectivity index (χ4n) is 2.11. The third-order valence-corrected chi connectivity index (χ3v) is 3.05. The molecule has 0 radical (unpaired) electrons. The molecule has 2 aromatic carbocycles. The Morgan fingerprint density at radius 3 is 2.65 bits per heavy atom. The second-order valence-corrected chi connectivity index (χ2v) is 4.31. The Labute approximate surface area is 116 Å². The van der Waals surface area contributed by atoms with Crippen LogP contribution in [0.3, 0.4) is 0 Å². The van der Waals surface area contributed by atoms with Crippen LogP contribution in [0.4, 0.5) is 0 Å². The average molecular weight is 267 g/mol. The van der Waals surface area contributed by atoms with E-state index in [1.807, 2.05) is 54.6 Å². The van der Waals surface area contributed by atoms with Crippen LogP contribution in [0.15, 0.2) is 60.8 Å². The van der Waals surface area contributed by atoms with Crippen LogP contribution in [0.1, 0.15) is 5.56 Å². The summed E-state index contributed by atoms with van der Waals surface area (Å²) >= 11 is 0. The molecule has 0 amide bonds. The van der Waals surface area contributed by atoms with Crippen molar-refractivity contribution in [3.05, 3.63) is 66.4 Å². The first-order chi connectivity index (χ1) is 9.88. The van der Waals surface area contributed by atoms with E-state index in [9.17, 15) is 4.79 Å². The van der Waals surface area contributed by atoms with E-state index in [2.05, 4.69) is 0 Å². The van der Waals surface area contributed by atoms with Crippen molar-refractivity contribution in [3.8, 4) is 5.75 Å². The molecule has 0 aliphatic heterocycles. The molecule has 0 bridgehead atoms. The smallest absolute Gasteiger partial charge is 0.321 e. The Morgan fingerprint density at radius 2 is 1.85 bits per heavy atom. The van der Waals surface area contributed by atoms with Crippen molar-refractivity contribution in [1.82, 2.24) is 4.73 Å². The topological polar surface area (TPSA) is 40.5 Å². The number of fused-ring (bicyclic) bond motifs is 1. The van der Waals surface area contributed by atoms with Gasteiger partial charge in [-0.05, 0) is 23.8 Å². The van der Waals surface area contributed by atoms with E-state index >= 15 is 0 Å². The maximum Gasteiger partial charge on any atom is 0.321 e. The molecule has 4 heteroatoms. The van der Waals surface area contributed by atoms with Crippen LogP contribution in [-0.4, -0.2) is 11.2 Å². The van der Waals surface area contributed by atoms with E-state index in [-0.39, 0.29) is 0 Å². The summed E-state index contributed by atoms with van der Waals surface area (Å²) in [6.07, 6.45) is 1.69. The van der Waals surface area contributed by atoms with Crippen LogP contribution < -0.4 is 9.57 Å². The molecule has 3 rings (SSSR count). The number of hydrogen-bond acceptors (Lipinski definition) is 3. The SMILES string of the molecule is O=COn1ccc2c(OCc3ccccc3)cccc21. The Morgan fingerprint density at radius 1 is 1.00 bits per heavy atom. The molecule has 0 saturated carbocycles. The Hall–Kier alpha value is -2.75. The standard InChI is InChI=1S/C16H13NO3/c18-12-20-17-10-9-14-15(17)7-4-8-16(14)19-11-13-5-2-1-3-6-13/h1-10,12H,11H2. The van der Waals surface area contributed by atoms with E-state index < -0.39 is 0 Å². The second kappa shape index (κ2) is 5.48. The molecule has 0 fully saturated rings. The molecule has 0 aliphatic rings. The van der Waals surface area contributed by atoms with Crippen LogP contribution in [0.2, 0.25) is 0 Å². The number of nitrogens with zero attached hydrogens (tertiary/aromatic N) is 1. The van der Waals surface area contributed by atoms with Crippen LogP contribution in [0.25, 0.3) is 10.9 Å². The summed E-state index contributed by atoms with van der Waals surface area (Å²) in [6, 6.07) is 17.5. The van der Waals surface area contributed by atoms with E-state index in [1.54, 1.807) is 6.20 Å². The molecule has 100 valence electrons. The number of ether oxygens (including phenoxy) is 1. The predicted octanol–water partition coefficient (Wildman–Crippen LogP) is 2.81. The minimum absolute atomic E-state index is 0.400. The summed E-state index contributed by atoms with van der Waals surface area (Å²) in [4.78, 5) is 15.3. The van der Waals surface area contributed by atoms with E-state index in [0.717, 1.165) is 22.2 Å². The fraction of sp³-hybridized carbons (Fsp3) is 0.0625. The third-order valence-electron chi connectivity index (χ3n) is 3.05. The lowest BCUT2D eigenvalue weighted by Crippen LogP contribution is -2.06. The Kier molecular flexibility index (Phi) is 3.37. The molecule has 0 atom stereocenters. The second-order valence-electron chi connectivity index (χ2n) is 4.31. The molecule has 1 aromatic heterocycles. The highest BCUT2D eigenvalue weighted by Gasteiger charge is 2.07. The van der Waals surface area contributed by atoms with E-state index in [1.165, 1.54) is 4.73 Å². The van der Waals surface area contributed by atoms with Crippen LogP contribution in [0, 0.1) is 0 Å². The molecular weight excluding hydrogens is 254 g/mol. The summed E-state index contributed by atoms with van der Waals surface area (Å²) < 4.78 is 7.25. The summed E-state index contributed by atoms with van der Waals surface area (Å²) in [5.74, 6) is 0.764. The van der Waals surface area contributed by atoms with Gasteiger partial charge in [0.1, 0.15) is 12.4 Å². The number of carbonyl (C=O) groups is 1. The zero-order chi connectivity index (χ0) is 13.8. The first-order valence-corrected chi connectivity index (χ1v) is 6.26. The van der Waals surface area contributed by atoms with Gasteiger partial charge >= 0.3 is 6.47 Å². The van der Waals surface area contributed by atoms with Crippen molar-refractivity contribution < 1.29 is 14.4 Å². The molecule has 0 spiro atoms. The third kappa shape index (κ3) is 2.36. The van der Waals surface area contributed by atoms with Crippen molar-refractivity contribution in [2.24, 2.45) is 0 Å². The van der Waals surface area contributed by atoms with Gasteiger partial charge in [-0.1, -0.05) is 36.4 Å². The first-order valence-electron chi connectivity index (χ1n) is 6.26. The number of aromatic nitrogens is 1. The van der Waals surface area contributed by atoms with E-state index in [0.29, 0.717) is 13.1 Å². The zero-order valence-corrected chi connectivity index (χ0v) is 10.7. The maximum absolute atomic E-state index is 10.4. The zero-order valence-electron chi connectivity index (χ0n) is 10.7. The largest absolute Gasteiger partial charge is 0.488 e. The highest BCUT2D eigenvalue weighted by atomic mass is 16.7. The number of rotatable bonds is 5. The number of hydrogen-bond donors (Lipinski definition) is 0. The molecule has 0 aliphatic carbocycles. The molecule has 3 aromatic rings. The highest BCUT2D eigenvalue weighted by molar-refractivity contribution is 5.86. The molecular formula is C16H13NO3. The van der Waals surface area contributed by atoms with Gasteiger partial charge in [0.25, 0.3) is 0 Å². The molecule has 4 nitrogen and oxygen atoms in total. The van der Waals surface area contributed by atoms with Crippen molar-refractivity contribution in [1.29, 1.82) is 0 Å². The molecule has 0 saturated heterocycles. The van der Waals surface area contributed by atoms with Gasteiger partial charge in [-0.3, -0.25) is 4.79 Å². The van der Waals surface area contributed by atoms with Gasteiger partial charge in [-0.2, -0.15) is 4.73 Å². The summed E-state index contributed by atoms with van der Waals surface area (Å²) in [5, 5.41) is 0.908.